The zero-order valence-electron chi connectivity index (χ0n) is 7.77. The Labute approximate surface area is 77.5 Å². The third kappa shape index (κ3) is 3.42. The van der Waals surface area contributed by atoms with Gasteiger partial charge in [0, 0.05) is 12.8 Å². The van der Waals surface area contributed by atoms with Crippen LogP contribution in [0.3, 0.4) is 0 Å². The van der Waals surface area contributed by atoms with Gasteiger partial charge in [-0.3, -0.25) is 0 Å². The Bertz CT molecular complexity index is 180. The van der Waals surface area contributed by atoms with Crippen LogP contribution in [0.15, 0.2) is 0 Å². The number of ether oxygens (including phenoxy) is 1. The summed E-state index contributed by atoms with van der Waals surface area (Å²) in [4.78, 5) is 10.7. The normalized spacial score (nSPS) is 34.5. The third-order valence-electron chi connectivity index (χ3n) is 2.27. The van der Waals surface area contributed by atoms with E-state index in [1.165, 1.54) is 6.92 Å². The van der Waals surface area contributed by atoms with E-state index in [4.69, 9.17) is 9.84 Å². The van der Waals surface area contributed by atoms with Crippen LogP contribution < -0.4 is 0 Å². The molecule has 0 radical (unpaired) electrons. The summed E-state index contributed by atoms with van der Waals surface area (Å²) in [6.45, 7) is 1.71. The fraction of sp³-hybridized carbons (Fsp3) is 0.889. The minimum Gasteiger partial charge on any atom is -0.390 e. The molecule has 1 aliphatic rings. The number of aliphatic hydroxyl groups excluding tert-OH is 2. The summed E-state index contributed by atoms with van der Waals surface area (Å²) in [5.41, 5.74) is 0. The van der Waals surface area contributed by atoms with E-state index in [0.717, 1.165) is 0 Å². The van der Waals surface area contributed by atoms with Crippen molar-refractivity contribution in [3.63, 3.8) is 0 Å². The maximum absolute atomic E-state index is 10.7. The van der Waals surface area contributed by atoms with Gasteiger partial charge in [-0.25, -0.2) is 0 Å². The molecule has 0 aliphatic carbocycles. The van der Waals surface area contributed by atoms with Crippen molar-refractivity contribution in [2.24, 2.45) is 0 Å². The lowest BCUT2D eigenvalue weighted by atomic mass is 10.00. The number of aliphatic hydroxyl groups is 2. The van der Waals surface area contributed by atoms with Crippen molar-refractivity contribution in [2.75, 3.05) is 6.61 Å². The topological polar surface area (TPSA) is 66.8 Å². The molecule has 0 saturated carbocycles. The van der Waals surface area contributed by atoms with Crippen LogP contribution in [0.1, 0.15) is 26.2 Å². The molecule has 0 spiro atoms. The van der Waals surface area contributed by atoms with Crippen LogP contribution in [0.25, 0.3) is 0 Å². The highest BCUT2D eigenvalue weighted by Crippen LogP contribution is 2.18. The van der Waals surface area contributed by atoms with Crippen molar-refractivity contribution in [1.29, 1.82) is 0 Å². The van der Waals surface area contributed by atoms with E-state index < -0.39 is 12.2 Å². The highest BCUT2D eigenvalue weighted by atomic mass is 16.5. The zero-order valence-corrected chi connectivity index (χ0v) is 7.77. The van der Waals surface area contributed by atoms with E-state index >= 15 is 0 Å². The average molecular weight is 188 g/mol. The van der Waals surface area contributed by atoms with Crippen LogP contribution in [0.5, 0.6) is 0 Å². The second-order valence-electron chi connectivity index (χ2n) is 3.57. The molecule has 0 aromatic carbocycles. The number of hydrogen-bond donors (Lipinski definition) is 2. The summed E-state index contributed by atoms with van der Waals surface area (Å²) in [7, 11) is 0. The minimum absolute atomic E-state index is 0.0812. The summed E-state index contributed by atoms with van der Waals surface area (Å²) < 4.78 is 5.25. The molecule has 0 aromatic rings. The van der Waals surface area contributed by atoms with Gasteiger partial charge in [0.25, 0.3) is 0 Å². The molecule has 0 aromatic heterocycles. The van der Waals surface area contributed by atoms with Crippen molar-refractivity contribution >= 4 is 5.78 Å². The number of rotatable bonds is 3. The number of carbonyl (C=O) groups excluding carboxylic acids is 1. The smallest absolute Gasteiger partial charge is 0.129 e. The molecule has 0 unspecified atom stereocenters. The summed E-state index contributed by atoms with van der Waals surface area (Å²) in [5, 5.41) is 18.4. The molecule has 1 rings (SSSR count). The predicted molar refractivity (Wildman–Crippen MR) is 46.3 cm³/mol. The number of hydrogen-bond acceptors (Lipinski definition) is 4. The van der Waals surface area contributed by atoms with Gasteiger partial charge in [-0.2, -0.15) is 0 Å². The summed E-state index contributed by atoms with van der Waals surface area (Å²) >= 11 is 0. The molecule has 4 heteroatoms. The van der Waals surface area contributed by atoms with Gasteiger partial charge >= 0.3 is 0 Å². The first-order valence-corrected chi connectivity index (χ1v) is 4.56. The standard InChI is InChI=1S/C9H16O4/c1-6(10)2-3-7-4-8(11)9(12)5-13-7/h7-9,11-12H,2-5H2,1H3/t7-,8+,9-/m1/s1. The van der Waals surface area contributed by atoms with Gasteiger partial charge < -0.3 is 19.7 Å². The second kappa shape index (κ2) is 4.69. The van der Waals surface area contributed by atoms with E-state index in [9.17, 15) is 9.90 Å². The summed E-state index contributed by atoms with van der Waals surface area (Å²) in [6.07, 6.45) is -0.0114. The molecule has 3 atom stereocenters. The highest BCUT2D eigenvalue weighted by Gasteiger charge is 2.27. The maximum Gasteiger partial charge on any atom is 0.129 e. The Morgan fingerprint density at radius 3 is 2.69 bits per heavy atom. The van der Waals surface area contributed by atoms with Crippen LogP contribution in [0.4, 0.5) is 0 Å². The molecule has 13 heavy (non-hydrogen) atoms. The molecule has 0 bridgehead atoms. The SMILES string of the molecule is CC(=O)CC[C@@H]1C[C@H](O)[C@H](O)CO1. The largest absolute Gasteiger partial charge is 0.390 e. The Hall–Kier alpha value is -0.450. The van der Waals surface area contributed by atoms with Gasteiger partial charge in [-0.05, 0) is 13.3 Å². The van der Waals surface area contributed by atoms with Crippen LogP contribution in [-0.2, 0) is 9.53 Å². The molecule has 1 aliphatic heterocycles. The molecule has 2 N–H and O–H groups in total. The van der Waals surface area contributed by atoms with E-state index in [1.54, 1.807) is 0 Å². The molecule has 0 amide bonds. The Morgan fingerprint density at radius 2 is 2.15 bits per heavy atom. The Kier molecular flexibility index (Phi) is 3.84. The molecular weight excluding hydrogens is 172 g/mol. The number of ketones is 1. The van der Waals surface area contributed by atoms with Crippen molar-refractivity contribution in [3.8, 4) is 0 Å². The van der Waals surface area contributed by atoms with Gasteiger partial charge in [0.05, 0.1) is 18.8 Å². The van der Waals surface area contributed by atoms with Crippen molar-refractivity contribution in [1.82, 2.24) is 0 Å². The molecule has 1 saturated heterocycles. The predicted octanol–water partition coefficient (Wildman–Crippen LogP) is -0.134. The molecule has 4 nitrogen and oxygen atoms in total. The van der Waals surface area contributed by atoms with Gasteiger partial charge in [0.2, 0.25) is 0 Å². The van der Waals surface area contributed by atoms with Crippen LogP contribution >= 0.6 is 0 Å². The lowest BCUT2D eigenvalue weighted by Crippen LogP contribution is -2.41. The van der Waals surface area contributed by atoms with Gasteiger partial charge in [-0.15, -0.1) is 0 Å². The second-order valence-corrected chi connectivity index (χ2v) is 3.57. The lowest BCUT2D eigenvalue weighted by Gasteiger charge is -2.30. The van der Waals surface area contributed by atoms with Gasteiger partial charge in [0.1, 0.15) is 11.9 Å². The summed E-state index contributed by atoms with van der Waals surface area (Å²) in [5.74, 6) is 0.129. The first-order valence-electron chi connectivity index (χ1n) is 4.56. The highest BCUT2D eigenvalue weighted by molar-refractivity contribution is 5.75. The monoisotopic (exact) mass is 188 g/mol. The van der Waals surface area contributed by atoms with Crippen LogP contribution in [0, 0.1) is 0 Å². The van der Waals surface area contributed by atoms with Gasteiger partial charge in [0.15, 0.2) is 0 Å². The van der Waals surface area contributed by atoms with E-state index in [-0.39, 0.29) is 18.5 Å². The Balaban J connectivity index is 2.25. The van der Waals surface area contributed by atoms with E-state index in [2.05, 4.69) is 0 Å². The van der Waals surface area contributed by atoms with E-state index in [1.807, 2.05) is 0 Å². The molecular formula is C9H16O4. The van der Waals surface area contributed by atoms with Crippen LogP contribution in [0.2, 0.25) is 0 Å². The number of Topliss-reactive ketones (excluding diaryl/α,β-unsaturated/α-hetero) is 1. The van der Waals surface area contributed by atoms with Crippen molar-refractivity contribution in [3.05, 3.63) is 0 Å². The maximum atomic E-state index is 10.7. The van der Waals surface area contributed by atoms with Crippen LogP contribution in [-0.4, -0.2) is 40.9 Å². The van der Waals surface area contributed by atoms with Gasteiger partial charge in [-0.1, -0.05) is 0 Å². The quantitative estimate of drug-likeness (QED) is 0.647. The Morgan fingerprint density at radius 1 is 1.46 bits per heavy atom. The first kappa shape index (κ1) is 10.6. The fourth-order valence-electron chi connectivity index (χ4n) is 1.41. The third-order valence-corrected chi connectivity index (χ3v) is 2.27. The fourth-order valence-corrected chi connectivity index (χ4v) is 1.41. The average Bonchev–Trinajstić information content (AvgIpc) is 2.07. The molecule has 1 fully saturated rings. The summed E-state index contributed by atoms with van der Waals surface area (Å²) in [6, 6.07) is 0. The lowest BCUT2D eigenvalue weighted by molar-refractivity contribution is -0.128. The zero-order chi connectivity index (χ0) is 9.84. The number of carbonyl (C=O) groups is 1. The van der Waals surface area contributed by atoms with Crippen molar-refractivity contribution < 1.29 is 19.7 Å². The molecule has 76 valence electrons. The first-order chi connectivity index (χ1) is 6.09. The molecule has 1 heterocycles. The minimum atomic E-state index is -0.770. The van der Waals surface area contributed by atoms with E-state index in [0.29, 0.717) is 19.3 Å². The van der Waals surface area contributed by atoms with Crippen molar-refractivity contribution in [2.45, 2.75) is 44.5 Å².